The minimum atomic E-state index is -4.52. The van der Waals surface area contributed by atoms with Crippen molar-refractivity contribution in [2.24, 2.45) is 0 Å². The first kappa shape index (κ1) is 13.4. The summed E-state index contributed by atoms with van der Waals surface area (Å²) in [5.41, 5.74) is 0.376. The van der Waals surface area contributed by atoms with Gasteiger partial charge >= 0.3 is 6.18 Å². The highest BCUT2D eigenvalue weighted by atomic mass is 19.4. The molecular weight excluding hydrogens is 285 g/mol. The van der Waals surface area contributed by atoms with Crippen LogP contribution >= 0.6 is 0 Å². The van der Waals surface area contributed by atoms with Crippen LogP contribution in [0, 0.1) is 11.3 Å². The van der Waals surface area contributed by atoms with Crippen LogP contribution in [-0.2, 0) is 19.3 Å². The van der Waals surface area contributed by atoms with Gasteiger partial charge in [0, 0.05) is 19.3 Å². The molecule has 6 nitrogen and oxygen atoms in total. The molecule has 3 heterocycles. The average molecular weight is 294 g/mol. The monoisotopic (exact) mass is 294 g/mol. The molecule has 0 fully saturated rings. The fourth-order valence-electron chi connectivity index (χ4n) is 2.28. The maximum absolute atomic E-state index is 12.8. The maximum Gasteiger partial charge on any atom is 0.451 e. The van der Waals surface area contributed by atoms with Crippen molar-refractivity contribution in [2.45, 2.75) is 19.3 Å². The first-order valence-corrected chi connectivity index (χ1v) is 6.10. The smallest absolute Gasteiger partial charge is 0.346 e. The van der Waals surface area contributed by atoms with Crippen molar-refractivity contribution < 1.29 is 13.2 Å². The van der Waals surface area contributed by atoms with E-state index >= 15 is 0 Å². The van der Waals surface area contributed by atoms with Crippen molar-refractivity contribution >= 4 is 5.82 Å². The summed E-state index contributed by atoms with van der Waals surface area (Å²) >= 11 is 0. The lowest BCUT2D eigenvalue weighted by atomic mass is 10.2. The standard InChI is InChI=1S/C12H9F3N6/c13-12(14,15)11-19-18-9-7-20(4-5-21(9)11)10-8(6-16)2-1-3-17-10/h1-3H,4-5,7H2. The summed E-state index contributed by atoms with van der Waals surface area (Å²) in [6, 6.07) is 5.27. The topological polar surface area (TPSA) is 70.6 Å². The molecule has 0 unspecified atom stereocenters. The van der Waals surface area contributed by atoms with Crippen molar-refractivity contribution in [3.63, 3.8) is 0 Å². The number of nitriles is 1. The first-order valence-electron chi connectivity index (χ1n) is 6.10. The minimum Gasteiger partial charge on any atom is -0.346 e. The van der Waals surface area contributed by atoms with Crippen molar-refractivity contribution in [1.82, 2.24) is 19.7 Å². The molecule has 9 heteroatoms. The summed E-state index contributed by atoms with van der Waals surface area (Å²) in [4.78, 5) is 5.85. The molecule has 0 N–H and O–H groups in total. The molecule has 21 heavy (non-hydrogen) atoms. The number of alkyl halides is 3. The van der Waals surface area contributed by atoms with Crippen LogP contribution in [0.5, 0.6) is 0 Å². The average Bonchev–Trinajstić information content (AvgIpc) is 2.90. The van der Waals surface area contributed by atoms with E-state index in [1.807, 2.05) is 6.07 Å². The van der Waals surface area contributed by atoms with Crippen LogP contribution in [0.4, 0.5) is 19.0 Å². The Labute approximate surface area is 117 Å². The Morgan fingerprint density at radius 2 is 2.05 bits per heavy atom. The Hall–Kier alpha value is -2.63. The first-order chi connectivity index (χ1) is 10.0. The van der Waals surface area contributed by atoms with Crippen molar-refractivity contribution in [3.05, 3.63) is 35.5 Å². The molecule has 3 rings (SSSR count). The maximum atomic E-state index is 12.8. The van der Waals surface area contributed by atoms with E-state index in [2.05, 4.69) is 15.2 Å². The molecule has 2 aromatic rings. The van der Waals surface area contributed by atoms with Gasteiger partial charge in [0.2, 0.25) is 5.82 Å². The van der Waals surface area contributed by atoms with Crippen molar-refractivity contribution in [3.8, 4) is 6.07 Å². The molecule has 0 atom stereocenters. The zero-order chi connectivity index (χ0) is 15.0. The second-order valence-corrected chi connectivity index (χ2v) is 4.50. The Kier molecular flexibility index (Phi) is 3.01. The van der Waals surface area contributed by atoms with E-state index in [9.17, 15) is 13.2 Å². The fraction of sp³-hybridized carbons (Fsp3) is 0.333. The Morgan fingerprint density at radius 1 is 1.24 bits per heavy atom. The van der Waals surface area contributed by atoms with Crippen LogP contribution in [-0.4, -0.2) is 26.3 Å². The number of nitrogens with zero attached hydrogens (tertiary/aromatic N) is 6. The third-order valence-corrected chi connectivity index (χ3v) is 3.21. The van der Waals surface area contributed by atoms with E-state index < -0.39 is 12.0 Å². The third kappa shape index (κ3) is 2.29. The predicted molar refractivity (Wildman–Crippen MR) is 65.0 cm³/mol. The highest BCUT2D eigenvalue weighted by molar-refractivity contribution is 5.53. The van der Waals surface area contributed by atoms with Gasteiger partial charge in [-0.25, -0.2) is 4.98 Å². The van der Waals surface area contributed by atoms with Gasteiger partial charge in [-0.1, -0.05) is 0 Å². The van der Waals surface area contributed by atoms with Crippen LogP contribution in [0.3, 0.4) is 0 Å². The summed E-state index contributed by atoms with van der Waals surface area (Å²) in [5, 5.41) is 15.9. The lowest BCUT2D eigenvalue weighted by molar-refractivity contribution is -0.147. The van der Waals surface area contributed by atoms with Gasteiger partial charge in [-0.15, -0.1) is 10.2 Å². The number of pyridine rings is 1. The minimum absolute atomic E-state index is 0.0959. The molecule has 1 aliphatic heterocycles. The van der Waals surface area contributed by atoms with Gasteiger partial charge in [0.25, 0.3) is 0 Å². The molecule has 0 saturated carbocycles. The number of hydrogen-bond donors (Lipinski definition) is 0. The highest BCUT2D eigenvalue weighted by Gasteiger charge is 2.39. The Bertz CT molecular complexity index is 715. The lowest BCUT2D eigenvalue weighted by Gasteiger charge is -2.29. The molecule has 0 aromatic carbocycles. The molecule has 108 valence electrons. The fourth-order valence-corrected chi connectivity index (χ4v) is 2.28. The Morgan fingerprint density at radius 3 is 2.76 bits per heavy atom. The van der Waals surface area contributed by atoms with Gasteiger partial charge in [0.15, 0.2) is 5.82 Å². The zero-order valence-corrected chi connectivity index (χ0v) is 10.7. The van der Waals surface area contributed by atoms with Gasteiger partial charge in [-0.2, -0.15) is 18.4 Å². The van der Waals surface area contributed by atoms with E-state index in [1.165, 1.54) is 6.20 Å². The summed E-state index contributed by atoms with van der Waals surface area (Å²) in [7, 11) is 0. The van der Waals surface area contributed by atoms with Gasteiger partial charge in [0.1, 0.15) is 11.9 Å². The molecular formula is C12H9F3N6. The molecule has 1 aliphatic rings. The summed E-state index contributed by atoms with van der Waals surface area (Å²) in [6.45, 7) is 0.535. The molecule has 0 radical (unpaired) electrons. The van der Waals surface area contributed by atoms with E-state index in [4.69, 9.17) is 5.26 Å². The second-order valence-electron chi connectivity index (χ2n) is 4.50. The summed E-state index contributed by atoms with van der Waals surface area (Å²) in [5.74, 6) is -0.329. The normalized spacial score (nSPS) is 14.7. The van der Waals surface area contributed by atoms with Gasteiger partial charge < -0.3 is 9.47 Å². The lowest BCUT2D eigenvalue weighted by Crippen LogP contribution is -2.36. The molecule has 0 bridgehead atoms. The largest absolute Gasteiger partial charge is 0.451 e. The Balaban J connectivity index is 1.93. The molecule has 0 spiro atoms. The number of halogens is 3. The SMILES string of the molecule is N#Cc1cccnc1N1CCn2c(nnc2C(F)(F)F)C1. The van der Waals surface area contributed by atoms with Crippen molar-refractivity contribution in [1.29, 1.82) is 5.26 Å². The predicted octanol–water partition coefficient (Wildman–Crippen LogP) is 1.58. The number of rotatable bonds is 1. The highest BCUT2D eigenvalue weighted by Crippen LogP contribution is 2.30. The van der Waals surface area contributed by atoms with Crippen molar-refractivity contribution in [2.75, 3.05) is 11.4 Å². The number of hydrogen-bond acceptors (Lipinski definition) is 5. The molecule has 2 aromatic heterocycles. The molecule has 0 saturated heterocycles. The number of anilines is 1. The second kappa shape index (κ2) is 4.73. The molecule has 0 aliphatic carbocycles. The van der Waals surface area contributed by atoms with E-state index in [1.54, 1.807) is 17.0 Å². The van der Waals surface area contributed by atoms with E-state index in [0.717, 1.165) is 4.57 Å². The third-order valence-electron chi connectivity index (χ3n) is 3.21. The van der Waals surface area contributed by atoms with Crippen LogP contribution in [0.25, 0.3) is 0 Å². The van der Waals surface area contributed by atoms with Gasteiger partial charge in [-0.3, -0.25) is 0 Å². The number of fused-ring (bicyclic) bond motifs is 1. The van der Waals surface area contributed by atoms with Crippen LogP contribution < -0.4 is 4.90 Å². The zero-order valence-electron chi connectivity index (χ0n) is 10.7. The van der Waals surface area contributed by atoms with E-state index in [0.29, 0.717) is 17.9 Å². The van der Waals surface area contributed by atoms with Crippen LogP contribution in [0.1, 0.15) is 17.2 Å². The van der Waals surface area contributed by atoms with E-state index in [-0.39, 0.29) is 18.9 Å². The van der Waals surface area contributed by atoms with Crippen LogP contribution in [0.2, 0.25) is 0 Å². The summed E-state index contributed by atoms with van der Waals surface area (Å²) in [6.07, 6.45) is -2.98. The summed E-state index contributed by atoms with van der Waals surface area (Å²) < 4.78 is 39.3. The van der Waals surface area contributed by atoms with Gasteiger partial charge in [-0.05, 0) is 12.1 Å². The van der Waals surface area contributed by atoms with Gasteiger partial charge in [0.05, 0.1) is 12.1 Å². The van der Waals surface area contributed by atoms with Crippen LogP contribution in [0.15, 0.2) is 18.3 Å². The quantitative estimate of drug-likeness (QED) is 0.798. The molecule has 0 amide bonds. The number of aromatic nitrogens is 4.